The molecule has 0 unspecified atom stereocenters. The third-order valence-corrected chi connectivity index (χ3v) is 6.89. The van der Waals surface area contributed by atoms with Gasteiger partial charge < -0.3 is 25.3 Å². The van der Waals surface area contributed by atoms with Crippen LogP contribution in [-0.4, -0.2) is 84.2 Å². The van der Waals surface area contributed by atoms with E-state index in [1.807, 2.05) is 18.3 Å². The smallest absolute Gasteiger partial charge is 0.227 e. The van der Waals surface area contributed by atoms with Gasteiger partial charge in [-0.2, -0.15) is 0 Å². The average molecular weight is 473 g/mol. The lowest BCUT2D eigenvalue weighted by Crippen LogP contribution is -2.44. The zero-order valence-electron chi connectivity index (χ0n) is 20.7. The highest BCUT2D eigenvalue weighted by Gasteiger charge is 2.14. The van der Waals surface area contributed by atoms with Crippen LogP contribution in [0.25, 0.3) is 11.3 Å². The van der Waals surface area contributed by atoms with Crippen LogP contribution in [-0.2, 0) is 0 Å². The van der Waals surface area contributed by atoms with Crippen molar-refractivity contribution in [2.24, 2.45) is 0 Å². The number of piperidine rings is 1. The van der Waals surface area contributed by atoms with Crippen LogP contribution in [0, 0.1) is 0 Å². The van der Waals surface area contributed by atoms with Crippen LogP contribution in [0.2, 0.25) is 0 Å². The van der Waals surface area contributed by atoms with Crippen LogP contribution in [0.1, 0.15) is 19.3 Å². The first-order valence-electron chi connectivity index (χ1n) is 12.8. The molecule has 0 bridgehead atoms. The molecule has 1 aromatic carbocycles. The fourth-order valence-corrected chi connectivity index (χ4v) is 4.70. The van der Waals surface area contributed by atoms with Crippen LogP contribution in [0.4, 0.5) is 23.1 Å². The normalized spacial score (nSPS) is 17.3. The van der Waals surface area contributed by atoms with Gasteiger partial charge in [-0.25, -0.2) is 15.0 Å². The summed E-state index contributed by atoms with van der Waals surface area (Å²) in [4.78, 5) is 21.0. The first kappa shape index (κ1) is 23.5. The van der Waals surface area contributed by atoms with Crippen molar-refractivity contribution < 1.29 is 0 Å². The maximum atomic E-state index is 4.71. The number of pyridine rings is 1. The van der Waals surface area contributed by atoms with Crippen LogP contribution >= 0.6 is 0 Å². The Balaban J connectivity index is 1.16. The minimum Gasteiger partial charge on any atom is -0.369 e. The first-order valence-corrected chi connectivity index (χ1v) is 12.8. The average Bonchev–Trinajstić information content (AvgIpc) is 2.91. The molecule has 184 valence electrons. The molecule has 8 heteroatoms. The fourth-order valence-electron chi connectivity index (χ4n) is 4.70. The Morgan fingerprint density at radius 2 is 1.63 bits per heavy atom. The zero-order valence-corrected chi connectivity index (χ0v) is 20.7. The van der Waals surface area contributed by atoms with Gasteiger partial charge in [-0.1, -0.05) is 6.42 Å². The van der Waals surface area contributed by atoms with E-state index in [1.54, 1.807) is 6.20 Å². The van der Waals surface area contributed by atoms with Crippen LogP contribution in [0.5, 0.6) is 0 Å². The quantitative estimate of drug-likeness (QED) is 0.511. The molecule has 0 saturated carbocycles. The van der Waals surface area contributed by atoms with E-state index in [0.717, 1.165) is 62.0 Å². The number of aromatic nitrogens is 3. The number of anilines is 4. The first-order chi connectivity index (χ1) is 17.2. The van der Waals surface area contributed by atoms with Crippen LogP contribution < -0.4 is 15.5 Å². The minimum atomic E-state index is 0.582. The third-order valence-electron chi connectivity index (χ3n) is 6.89. The third kappa shape index (κ3) is 6.46. The number of likely N-dealkylation sites (N-methyl/N-ethyl adjacent to an activating group) is 1. The lowest BCUT2D eigenvalue weighted by Gasteiger charge is -2.34. The fraction of sp³-hybridized carbons (Fsp3) is 0.444. The molecule has 2 aliphatic rings. The summed E-state index contributed by atoms with van der Waals surface area (Å²) >= 11 is 0. The molecule has 0 atom stereocenters. The van der Waals surface area contributed by atoms with Gasteiger partial charge in [0.25, 0.3) is 0 Å². The van der Waals surface area contributed by atoms with Crippen molar-refractivity contribution in [2.75, 3.05) is 74.9 Å². The molecule has 2 saturated heterocycles. The number of nitrogens with zero attached hydrogens (tertiary/aromatic N) is 6. The summed E-state index contributed by atoms with van der Waals surface area (Å²) in [7, 11) is 2.18. The molecule has 3 aromatic rings. The standard InChI is InChI=1S/C27H36N8/c1-33-17-19-35(20-18-33)24-8-6-23(7-9-24)31-27-29-12-11-25(32-27)22-5-10-26(30-21-22)28-13-16-34-14-3-2-4-15-34/h5-12,21H,2-4,13-20H2,1H3,(H,28,30)(H,29,31,32). The molecular weight excluding hydrogens is 436 g/mol. The highest BCUT2D eigenvalue weighted by molar-refractivity contribution is 5.63. The van der Waals surface area contributed by atoms with E-state index in [0.29, 0.717) is 5.95 Å². The summed E-state index contributed by atoms with van der Waals surface area (Å²) in [5.74, 6) is 1.48. The van der Waals surface area contributed by atoms with Gasteiger partial charge in [-0.3, -0.25) is 0 Å². The summed E-state index contributed by atoms with van der Waals surface area (Å²) in [6.07, 6.45) is 7.68. The molecule has 5 rings (SSSR count). The van der Waals surface area contributed by atoms with E-state index in [-0.39, 0.29) is 0 Å². The van der Waals surface area contributed by atoms with Crippen LogP contribution in [0.15, 0.2) is 54.9 Å². The van der Waals surface area contributed by atoms with E-state index in [4.69, 9.17) is 4.98 Å². The second-order valence-electron chi connectivity index (χ2n) is 9.49. The van der Waals surface area contributed by atoms with Gasteiger partial charge in [0.05, 0.1) is 5.69 Å². The van der Waals surface area contributed by atoms with Crippen LogP contribution in [0.3, 0.4) is 0 Å². The molecule has 0 spiro atoms. The predicted octanol–water partition coefficient (Wildman–Crippen LogP) is 3.93. The molecule has 0 radical (unpaired) electrons. The maximum absolute atomic E-state index is 4.71. The van der Waals surface area contributed by atoms with Gasteiger partial charge >= 0.3 is 0 Å². The SMILES string of the molecule is CN1CCN(c2ccc(Nc3nccc(-c4ccc(NCCN5CCCCC5)nc4)n3)cc2)CC1. The monoisotopic (exact) mass is 472 g/mol. The summed E-state index contributed by atoms with van der Waals surface area (Å²) in [5.41, 5.74) is 4.06. The number of rotatable bonds is 8. The Kier molecular flexibility index (Phi) is 7.70. The summed E-state index contributed by atoms with van der Waals surface area (Å²) in [5, 5.41) is 6.78. The number of hydrogen-bond donors (Lipinski definition) is 2. The van der Waals surface area contributed by atoms with Gasteiger partial charge in [0, 0.05) is 68.6 Å². The van der Waals surface area contributed by atoms with Crippen molar-refractivity contribution in [2.45, 2.75) is 19.3 Å². The lowest BCUT2D eigenvalue weighted by atomic mass is 10.1. The van der Waals surface area contributed by atoms with E-state index in [2.05, 4.69) is 72.7 Å². The topological polar surface area (TPSA) is 72.5 Å². The van der Waals surface area contributed by atoms with Gasteiger partial charge in [-0.15, -0.1) is 0 Å². The Morgan fingerprint density at radius 3 is 2.37 bits per heavy atom. The van der Waals surface area contributed by atoms with Crippen molar-refractivity contribution in [1.29, 1.82) is 0 Å². The van der Waals surface area contributed by atoms with E-state index < -0.39 is 0 Å². The van der Waals surface area contributed by atoms with E-state index in [9.17, 15) is 0 Å². The molecule has 2 aromatic heterocycles. The zero-order chi connectivity index (χ0) is 23.9. The number of piperazine rings is 1. The second-order valence-corrected chi connectivity index (χ2v) is 9.49. The molecule has 2 N–H and O–H groups in total. The number of hydrogen-bond acceptors (Lipinski definition) is 8. The summed E-state index contributed by atoms with van der Waals surface area (Å²) in [6, 6.07) is 14.5. The largest absolute Gasteiger partial charge is 0.369 e. The number of nitrogens with one attached hydrogen (secondary N) is 2. The van der Waals surface area contributed by atoms with Gasteiger partial charge in [0.1, 0.15) is 5.82 Å². The second kappa shape index (κ2) is 11.5. The molecule has 2 aliphatic heterocycles. The van der Waals surface area contributed by atoms with Crippen molar-refractivity contribution in [3.8, 4) is 11.3 Å². The van der Waals surface area contributed by atoms with Gasteiger partial charge in [-0.05, 0) is 75.4 Å². The van der Waals surface area contributed by atoms with E-state index >= 15 is 0 Å². The predicted molar refractivity (Wildman–Crippen MR) is 143 cm³/mol. The lowest BCUT2D eigenvalue weighted by molar-refractivity contribution is 0.237. The highest BCUT2D eigenvalue weighted by atomic mass is 15.2. The van der Waals surface area contributed by atoms with Gasteiger partial charge in [0.15, 0.2) is 0 Å². The molecule has 0 aliphatic carbocycles. The Labute approximate surface area is 208 Å². The van der Waals surface area contributed by atoms with Crippen molar-refractivity contribution in [3.05, 3.63) is 54.9 Å². The van der Waals surface area contributed by atoms with Gasteiger partial charge in [0.2, 0.25) is 5.95 Å². The Morgan fingerprint density at radius 1 is 0.829 bits per heavy atom. The van der Waals surface area contributed by atoms with Crippen molar-refractivity contribution in [1.82, 2.24) is 24.8 Å². The summed E-state index contributed by atoms with van der Waals surface area (Å²) in [6.45, 7) is 8.76. The molecule has 35 heavy (non-hydrogen) atoms. The Hall–Kier alpha value is -3.23. The van der Waals surface area contributed by atoms with Crippen molar-refractivity contribution >= 4 is 23.1 Å². The number of benzene rings is 1. The molecular formula is C27H36N8. The number of likely N-dealkylation sites (tertiary alicyclic amines) is 1. The molecule has 4 heterocycles. The maximum Gasteiger partial charge on any atom is 0.227 e. The summed E-state index contributed by atoms with van der Waals surface area (Å²) < 4.78 is 0. The Bertz CT molecular complexity index is 1060. The highest BCUT2D eigenvalue weighted by Crippen LogP contribution is 2.23. The minimum absolute atomic E-state index is 0.582. The molecule has 8 nitrogen and oxygen atoms in total. The van der Waals surface area contributed by atoms with Crippen molar-refractivity contribution in [3.63, 3.8) is 0 Å². The van der Waals surface area contributed by atoms with E-state index in [1.165, 1.54) is 38.0 Å². The molecule has 2 fully saturated rings. The molecule has 0 amide bonds.